The van der Waals surface area contributed by atoms with E-state index in [0.29, 0.717) is 37.4 Å². The first-order chi connectivity index (χ1) is 10.2. The van der Waals surface area contributed by atoms with Gasteiger partial charge in [0.1, 0.15) is 5.01 Å². The standard InChI is InChI=1S/C13H20N4O2S2/c1-3-9(4-2)11-15-16-13(21-11)14-10(18)12(20)17-5-7-19-8-6-17/h9H,3-8H2,1-2H3,(H,14,16,18). The Kier molecular flexibility index (Phi) is 6.01. The van der Waals surface area contributed by atoms with Gasteiger partial charge in [-0.15, -0.1) is 10.2 Å². The minimum atomic E-state index is -0.292. The van der Waals surface area contributed by atoms with Crippen LogP contribution in [0.5, 0.6) is 0 Å². The van der Waals surface area contributed by atoms with Crippen LogP contribution in [0.15, 0.2) is 0 Å². The highest BCUT2D eigenvalue weighted by molar-refractivity contribution is 7.82. The van der Waals surface area contributed by atoms with Gasteiger partial charge in [-0.3, -0.25) is 10.1 Å². The van der Waals surface area contributed by atoms with Gasteiger partial charge in [0, 0.05) is 19.0 Å². The van der Waals surface area contributed by atoms with E-state index in [1.165, 1.54) is 11.3 Å². The van der Waals surface area contributed by atoms with Crippen molar-refractivity contribution in [3.05, 3.63) is 5.01 Å². The van der Waals surface area contributed by atoms with Crippen molar-refractivity contribution >= 4 is 39.6 Å². The van der Waals surface area contributed by atoms with Crippen molar-refractivity contribution < 1.29 is 9.53 Å². The van der Waals surface area contributed by atoms with Gasteiger partial charge in [-0.2, -0.15) is 0 Å². The number of hydrogen-bond acceptors (Lipinski definition) is 6. The normalized spacial score (nSPS) is 15.3. The molecule has 0 radical (unpaired) electrons. The molecule has 0 atom stereocenters. The number of ether oxygens (including phenoxy) is 1. The molecule has 0 saturated carbocycles. The molecule has 1 N–H and O–H groups in total. The predicted octanol–water partition coefficient (Wildman–Crippen LogP) is 2.04. The van der Waals surface area contributed by atoms with Crippen LogP contribution in [-0.2, 0) is 9.53 Å². The molecule has 0 aliphatic carbocycles. The van der Waals surface area contributed by atoms with Crippen molar-refractivity contribution in [1.29, 1.82) is 0 Å². The lowest BCUT2D eigenvalue weighted by molar-refractivity contribution is -0.111. The number of hydrogen-bond donors (Lipinski definition) is 1. The van der Waals surface area contributed by atoms with Gasteiger partial charge in [-0.1, -0.05) is 37.4 Å². The largest absolute Gasteiger partial charge is 0.378 e. The van der Waals surface area contributed by atoms with Crippen LogP contribution in [0.1, 0.15) is 37.6 Å². The fraction of sp³-hybridized carbons (Fsp3) is 0.692. The van der Waals surface area contributed by atoms with Crippen LogP contribution in [0.25, 0.3) is 0 Å². The topological polar surface area (TPSA) is 67.4 Å². The van der Waals surface area contributed by atoms with E-state index in [-0.39, 0.29) is 10.9 Å². The summed E-state index contributed by atoms with van der Waals surface area (Å²) in [7, 11) is 0. The maximum atomic E-state index is 12.1. The van der Waals surface area contributed by atoms with Gasteiger partial charge in [0.15, 0.2) is 4.99 Å². The summed E-state index contributed by atoms with van der Waals surface area (Å²) in [4.78, 5) is 14.3. The molecule has 1 amide bonds. The van der Waals surface area contributed by atoms with Crippen LogP contribution < -0.4 is 5.32 Å². The first-order valence-corrected chi connectivity index (χ1v) is 8.39. The number of aromatic nitrogens is 2. The molecular weight excluding hydrogens is 308 g/mol. The molecule has 1 saturated heterocycles. The maximum absolute atomic E-state index is 12.1. The highest BCUT2D eigenvalue weighted by Crippen LogP contribution is 2.28. The number of amides is 1. The Balaban J connectivity index is 1.94. The smallest absolute Gasteiger partial charge is 0.285 e. The zero-order valence-corrected chi connectivity index (χ0v) is 13.9. The first kappa shape index (κ1) is 16.3. The molecule has 2 rings (SSSR count). The summed E-state index contributed by atoms with van der Waals surface area (Å²) in [6.45, 7) is 6.77. The molecule has 21 heavy (non-hydrogen) atoms. The molecule has 0 aromatic carbocycles. The summed E-state index contributed by atoms with van der Waals surface area (Å²) in [5, 5.41) is 12.4. The van der Waals surface area contributed by atoms with Crippen LogP contribution >= 0.6 is 23.6 Å². The van der Waals surface area contributed by atoms with E-state index in [0.717, 1.165) is 17.8 Å². The minimum absolute atomic E-state index is 0.289. The van der Waals surface area contributed by atoms with Crippen LogP contribution in [0, 0.1) is 0 Å². The third-order valence-electron chi connectivity index (χ3n) is 3.49. The van der Waals surface area contributed by atoms with E-state index < -0.39 is 0 Å². The minimum Gasteiger partial charge on any atom is -0.378 e. The lowest BCUT2D eigenvalue weighted by atomic mass is 10.1. The monoisotopic (exact) mass is 328 g/mol. The zero-order chi connectivity index (χ0) is 15.2. The molecular formula is C13H20N4O2S2. The molecule has 1 aromatic heterocycles. The van der Waals surface area contributed by atoms with Crippen molar-refractivity contribution in [2.45, 2.75) is 32.6 Å². The number of rotatable bonds is 4. The number of carbonyl (C=O) groups excluding carboxylic acids is 1. The zero-order valence-electron chi connectivity index (χ0n) is 12.3. The SMILES string of the molecule is CCC(CC)c1nnc(NC(=O)C(=S)N2CCOCC2)s1. The van der Waals surface area contributed by atoms with Gasteiger partial charge >= 0.3 is 0 Å². The molecule has 0 unspecified atom stereocenters. The molecule has 1 aliphatic rings. The summed E-state index contributed by atoms with van der Waals surface area (Å²) in [6.07, 6.45) is 2.04. The molecule has 8 heteroatoms. The van der Waals surface area contributed by atoms with Gasteiger partial charge in [-0.05, 0) is 12.8 Å². The number of nitrogens with one attached hydrogen (secondary N) is 1. The van der Waals surface area contributed by atoms with Crippen LogP contribution in [0.3, 0.4) is 0 Å². The average molecular weight is 328 g/mol. The first-order valence-electron chi connectivity index (χ1n) is 7.17. The summed E-state index contributed by atoms with van der Waals surface area (Å²) < 4.78 is 5.25. The second-order valence-electron chi connectivity index (χ2n) is 4.82. The number of nitrogens with zero attached hydrogens (tertiary/aromatic N) is 3. The van der Waals surface area contributed by atoms with Gasteiger partial charge in [0.2, 0.25) is 5.13 Å². The van der Waals surface area contributed by atoms with Crippen molar-refractivity contribution in [3.8, 4) is 0 Å². The van der Waals surface area contributed by atoms with E-state index >= 15 is 0 Å². The Morgan fingerprint density at radius 2 is 2.05 bits per heavy atom. The van der Waals surface area contributed by atoms with E-state index in [1.54, 1.807) is 0 Å². The molecule has 2 heterocycles. The summed E-state index contributed by atoms with van der Waals surface area (Å²) in [6, 6.07) is 0. The number of carbonyl (C=O) groups is 1. The van der Waals surface area contributed by atoms with Crippen LogP contribution in [0.4, 0.5) is 5.13 Å². The second kappa shape index (κ2) is 7.77. The number of anilines is 1. The fourth-order valence-corrected chi connectivity index (χ4v) is 3.39. The summed E-state index contributed by atoms with van der Waals surface area (Å²) in [5.74, 6) is 0.110. The molecule has 0 bridgehead atoms. The van der Waals surface area contributed by atoms with Crippen molar-refractivity contribution in [1.82, 2.24) is 15.1 Å². The van der Waals surface area contributed by atoms with E-state index in [4.69, 9.17) is 17.0 Å². The van der Waals surface area contributed by atoms with Crippen molar-refractivity contribution in [3.63, 3.8) is 0 Å². The highest BCUT2D eigenvalue weighted by Gasteiger charge is 2.21. The fourth-order valence-electron chi connectivity index (χ4n) is 2.15. The van der Waals surface area contributed by atoms with E-state index in [9.17, 15) is 4.79 Å². The van der Waals surface area contributed by atoms with Crippen molar-refractivity contribution in [2.24, 2.45) is 0 Å². The molecule has 1 aliphatic heterocycles. The quantitative estimate of drug-likeness (QED) is 0.853. The van der Waals surface area contributed by atoms with E-state index in [2.05, 4.69) is 29.4 Å². The Morgan fingerprint density at radius 1 is 1.38 bits per heavy atom. The van der Waals surface area contributed by atoms with Crippen LogP contribution in [0.2, 0.25) is 0 Å². The van der Waals surface area contributed by atoms with Crippen LogP contribution in [-0.4, -0.2) is 52.3 Å². The average Bonchev–Trinajstić information content (AvgIpc) is 2.97. The van der Waals surface area contributed by atoms with E-state index in [1.807, 2.05) is 4.90 Å². The lowest BCUT2D eigenvalue weighted by Crippen LogP contribution is -2.44. The maximum Gasteiger partial charge on any atom is 0.285 e. The Bertz CT molecular complexity index is 496. The van der Waals surface area contributed by atoms with Gasteiger partial charge in [0.05, 0.1) is 13.2 Å². The third-order valence-corrected chi connectivity index (χ3v) is 4.93. The number of thiocarbonyl (C=S) groups is 1. The molecule has 6 nitrogen and oxygen atoms in total. The Hall–Kier alpha value is -1.12. The third kappa shape index (κ3) is 4.18. The Labute approximate surface area is 133 Å². The molecule has 0 spiro atoms. The molecule has 116 valence electrons. The van der Waals surface area contributed by atoms with Crippen molar-refractivity contribution in [2.75, 3.05) is 31.6 Å². The summed E-state index contributed by atoms with van der Waals surface area (Å²) in [5.41, 5.74) is 0. The molecule has 1 fully saturated rings. The number of morpholine rings is 1. The summed E-state index contributed by atoms with van der Waals surface area (Å²) >= 11 is 6.64. The van der Waals surface area contributed by atoms with Gasteiger partial charge < -0.3 is 9.64 Å². The molecule has 1 aromatic rings. The second-order valence-corrected chi connectivity index (χ2v) is 6.21. The predicted molar refractivity (Wildman–Crippen MR) is 86.9 cm³/mol. The van der Waals surface area contributed by atoms with Gasteiger partial charge in [-0.25, -0.2) is 0 Å². The highest BCUT2D eigenvalue weighted by atomic mass is 32.1. The van der Waals surface area contributed by atoms with Gasteiger partial charge in [0.25, 0.3) is 5.91 Å². The lowest BCUT2D eigenvalue weighted by Gasteiger charge is -2.28. The Morgan fingerprint density at radius 3 is 2.67 bits per heavy atom.